The second-order valence-electron chi connectivity index (χ2n) is 6.73. The van der Waals surface area contributed by atoms with Gasteiger partial charge in [0.2, 0.25) is 0 Å². The zero-order valence-electron chi connectivity index (χ0n) is 17.3. The fraction of sp³-hybridized carbons (Fsp3) is 0.300. The maximum absolute atomic E-state index is 13.7. The summed E-state index contributed by atoms with van der Waals surface area (Å²) >= 11 is 0. The summed E-state index contributed by atoms with van der Waals surface area (Å²) in [5.41, 5.74) is 0.265. The third kappa shape index (κ3) is 4.60. The first-order valence-electron chi connectivity index (χ1n) is 9.13. The van der Waals surface area contributed by atoms with E-state index in [1.54, 1.807) is 32.0 Å². The number of oxime groups is 1. The van der Waals surface area contributed by atoms with Crippen molar-refractivity contribution in [3.05, 3.63) is 69.1 Å². The number of halogens is 3. The molecule has 0 amide bonds. The quantitative estimate of drug-likeness (QED) is 0.439. The van der Waals surface area contributed by atoms with Crippen molar-refractivity contribution in [2.24, 2.45) is 12.2 Å². The van der Waals surface area contributed by atoms with Crippen LogP contribution in [0, 0.1) is 6.92 Å². The summed E-state index contributed by atoms with van der Waals surface area (Å²) in [5.74, 6) is 0.392. The number of tetrazole rings is 1. The van der Waals surface area contributed by atoms with E-state index in [0.29, 0.717) is 17.0 Å². The van der Waals surface area contributed by atoms with Crippen LogP contribution in [0.15, 0.2) is 46.3 Å². The second kappa shape index (κ2) is 8.62. The molecule has 0 unspecified atom stereocenters. The van der Waals surface area contributed by atoms with Gasteiger partial charge in [0.15, 0.2) is 0 Å². The highest BCUT2D eigenvalue weighted by Crippen LogP contribution is 2.35. The molecule has 3 rings (SSSR count). The molecule has 0 bridgehead atoms. The lowest BCUT2D eigenvalue weighted by Gasteiger charge is -2.17. The van der Waals surface area contributed by atoms with E-state index >= 15 is 0 Å². The number of alkyl halides is 3. The van der Waals surface area contributed by atoms with Gasteiger partial charge in [-0.3, -0.25) is 0 Å². The summed E-state index contributed by atoms with van der Waals surface area (Å²) in [7, 11) is 2.79. The minimum atomic E-state index is -4.65. The predicted octanol–water partition coefficient (Wildman–Crippen LogP) is 3.24. The monoisotopic (exact) mass is 435 g/mol. The number of rotatable bonds is 6. The van der Waals surface area contributed by atoms with Gasteiger partial charge in [-0.15, -0.1) is 0 Å². The van der Waals surface area contributed by atoms with Crippen LogP contribution in [0.2, 0.25) is 0 Å². The highest BCUT2D eigenvalue weighted by molar-refractivity contribution is 5.98. The molecular formula is C20H20F3N5O3. The van der Waals surface area contributed by atoms with Crippen molar-refractivity contribution >= 4 is 5.71 Å². The molecule has 11 heteroatoms. The molecule has 1 heterocycles. The van der Waals surface area contributed by atoms with E-state index in [9.17, 15) is 18.0 Å². The molecule has 31 heavy (non-hydrogen) atoms. The predicted molar refractivity (Wildman–Crippen MR) is 106 cm³/mol. The Morgan fingerprint density at radius 3 is 2.52 bits per heavy atom. The second-order valence-corrected chi connectivity index (χ2v) is 6.73. The first-order chi connectivity index (χ1) is 14.6. The van der Waals surface area contributed by atoms with Gasteiger partial charge >= 0.3 is 11.9 Å². The number of aromatic nitrogens is 4. The Balaban J connectivity index is 2.00. The Hall–Kier alpha value is -3.63. The van der Waals surface area contributed by atoms with Crippen LogP contribution < -0.4 is 10.4 Å². The van der Waals surface area contributed by atoms with E-state index in [1.807, 2.05) is 0 Å². The van der Waals surface area contributed by atoms with Crippen LogP contribution in [-0.2, 0) is 24.7 Å². The standard InChI is InChI=1S/C20H20F3N5O3/c1-12-10-14(13(2)24-30-4)8-9-18(12)31-11-15-16(20(21,22)23)6-5-7-17(15)28-19(29)27(3)25-26-28/h5-10H,11H2,1-4H3/b24-13+. The van der Waals surface area contributed by atoms with Gasteiger partial charge in [0.25, 0.3) is 0 Å². The molecule has 0 spiro atoms. The number of benzene rings is 2. The molecule has 8 nitrogen and oxygen atoms in total. The van der Waals surface area contributed by atoms with Gasteiger partial charge in [0, 0.05) is 12.6 Å². The lowest BCUT2D eigenvalue weighted by atomic mass is 10.0. The van der Waals surface area contributed by atoms with Crippen molar-refractivity contribution < 1.29 is 22.7 Å². The Morgan fingerprint density at radius 2 is 1.94 bits per heavy atom. The SMILES string of the molecule is CO/N=C(\C)c1ccc(OCc2c(-n3nnn(C)c3=O)cccc2C(F)(F)F)c(C)c1. The van der Waals surface area contributed by atoms with E-state index in [2.05, 4.69) is 15.6 Å². The Kier molecular flexibility index (Phi) is 6.14. The fourth-order valence-electron chi connectivity index (χ4n) is 3.03. The largest absolute Gasteiger partial charge is 0.489 e. The first kappa shape index (κ1) is 22.1. The Labute approximate surface area is 175 Å². The molecule has 1 aromatic heterocycles. The third-order valence-electron chi connectivity index (χ3n) is 4.60. The maximum atomic E-state index is 13.7. The molecule has 0 atom stereocenters. The zero-order chi connectivity index (χ0) is 22.8. The molecule has 2 aromatic carbocycles. The van der Waals surface area contributed by atoms with Crippen LogP contribution in [0.3, 0.4) is 0 Å². The molecule has 0 saturated heterocycles. The lowest BCUT2D eigenvalue weighted by molar-refractivity contribution is -0.138. The van der Waals surface area contributed by atoms with E-state index in [-0.39, 0.29) is 11.3 Å². The topological polar surface area (TPSA) is 83.5 Å². The van der Waals surface area contributed by atoms with Gasteiger partial charge in [0.1, 0.15) is 19.5 Å². The molecule has 0 saturated carbocycles. The summed E-state index contributed by atoms with van der Waals surface area (Å²) < 4.78 is 48.4. The summed E-state index contributed by atoms with van der Waals surface area (Å²) in [6.45, 7) is 3.10. The van der Waals surface area contributed by atoms with Gasteiger partial charge in [-0.25, -0.2) is 4.79 Å². The van der Waals surface area contributed by atoms with Crippen molar-refractivity contribution in [1.29, 1.82) is 0 Å². The summed E-state index contributed by atoms with van der Waals surface area (Å²) in [5, 5.41) is 11.1. The van der Waals surface area contributed by atoms with Crippen LogP contribution >= 0.6 is 0 Å². The first-order valence-corrected chi connectivity index (χ1v) is 9.13. The molecule has 3 aromatic rings. The lowest BCUT2D eigenvalue weighted by Crippen LogP contribution is -2.24. The Bertz CT molecular complexity index is 1180. The van der Waals surface area contributed by atoms with Gasteiger partial charge in [-0.1, -0.05) is 11.2 Å². The number of ether oxygens (including phenoxy) is 1. The van der Waals surface area contributed by atoms with Crippen LogP contribution in [0.4, 0.5) is 13.2 Å². The molecule has 0 aliphatic heterocycles. The molecule has 164 valence electrons. The summed E-state index contributed by atoms with van der Waals surface area (Å²) in [4.78, 5) is 17.0. The van der Waals surface area contributed by atoms with Crippen molar-refractivity contribution in [3.63, 3.8) is 0 Å². The normalized spacial score (nSPS) is 12.2. The molecule has 0 aliphatic rings. The van der Waals surface area contributed by atoms with Crippen molar-refractivity contribution in [1.82, 2.24) is 19.8 Å². The summed E-state index contributed by atoms with van der Waals surface area (Å²) in [6, 6.07) is 8.67. The Morgan fingerprint density at radius 1 is 1.19 bits per heavy atom. The molecule has 0 N–H and O–H groups in total. The smallest absolute Gasteiger partial charge is 0.416 e. The van der Waals surface area contributed by atoms with Crippen molar-refractivity contribution in [2.75, 3.05) is 7.11 Å². The average Bonchev–Trinajstić information content (AvgIpc) is 3.04. The number of aryl methyl sites for hydroxylation is 2. The minimum Gasteiger partial charge on any atom is -0.489 e. The average molecular weight is 435 g/mol. The van der Waals surface area contributed by atoms with Gasteiger partial charge in [0.05, 0.1) is 17.0 Å². The number of hydrogen-bond acceptors (Lipinski definition) is 6. The van der Waals surface area contributed by atoms with Gasteiger partial charge in [-0.2, -0.15) is 22.5 Å². The molecule has 0 fully saturated rings. The third-order valence-corrected chi connectivity index (χ3v) is 4.60. The summed E-state index contributed by atoms with van der Waals surface area (Å²) in [6.07, 6.45) is -4.65. The molecular weight excluding hydrogens is 415 g/mol. The van der Waals surface area contributed by atoms with E-state index < -0.39 is 24.0 Å². The maximum Gasteiger partial charge on any atom is 0.416 e. The zero-order valence-corrected chi connectivity index (χ0v) is 17.3. The van der Waals surface area contributed by atoms with Crippen LogP contribution in [0.5, 0.6) is 5.75 Å². The van der Waals surface area contributed by atoms with Gasteiger partial charge < -0.3 is 9.57 Å². The number of nitrogens with zero attached hydrogens (tertiary/aromatic N) is 5. The van der Waals surface area contributed by atoms with Crippen LogP contribution in [0.1, 0.15) is 29.2 Å². The fourth-order valence-corrected chi connectivity index (χ4v) is 3.03. The van der Waals surface area contributed by atoms with E-state index in [1.165, 1.54) is 26.3 Å². The molecule has 0 aliphatic carbocycles. The number of hydrogen-bond donors (Lipinski definition) is 0. The van der Waals surface area contributed by atoms with E-state index in [0.717, 1.165) is 21.0 Å². The van der Waals surface area contributed by atoms with Crippen molar-refractivity contribution in [2.45, 2.75) is 26.6 Å². The van der Waals surface area contributed by atoms with Crippen molar-refractivity contribution in [3.8, 4) is 11.4 Å². The van der Waals surface area contributed by atoms with Gasteiger partial charge in [-0.05, 0) is 65.7 Å². The van der Waals surface area contributed by atoms with E-state index in [4.69, 9.17) is 9.57 Å². The highest BCUT2D eigenvalue weighted by Gasteiger charge is 2.35. The molecule has 0 radical (unpaired) electrons. The minimum absolute atomic E-state index is 0.0507. The van der Waals surface area contributed by atoms with Crippen LogP contribution in [0.25, 0.3) is 5.69 Å². The van der Waals surface area contributed by atoms with Crippen LogP contribution in [-0.4, -0.2) is 32.6 Å². The highest BCUT2D eigenvalue weighted by atomic mass is 19.4.